The van der Waals surface area contributed by atoms with Crippen LogP contribution in [0.15, 0.2) is 67.1 Å². The third-order valence-electron chi connectivity index (χ3n) is 5.84. The summed E-state index contributed by atoms with van der Waals surface area (Å²) >= 11 is 0. The average Bonchev–Trinajstić information content (AvgIpc) is 3.53. The van der Waals surface area contributed by atoms with Crippen LogP contribution in [0.25, 0.3) is 22.4 Å². The number of hydrogen-bond donors (Lipinski definition) is 1. The van der Waals surface area contributed by atoms with E-state index in [1.807, 2.05) is 23.1 Å². The maximum absolute atomic E-state index is 13.1. The van der Waals surface area contributed by atoms with Crippen molar-refractivity contribution in [1.29, 1.82) is 0 Å². The molecule has 176 valence electrons. The summed E-state index contributed by atoms with van der Waals surface area (Å²) in [7, 11) is 0. The monoisotopic (exact) mass is 483 g/mol. The quantitative estimate of drug-likeness (QED) is 0.365. The number of aromatic nitrogens is 6. The second kappa shape index (κ2) is 8.46. The molecule has 0 atom stereocenters. The van der Waals surface area contributed by atoms with Gasteiger partial charge in [-0.2, -0.15) is 18.3 Å². The Labute approximate surface area is 203 Å². The smallest absolute Gasteiger partial charge is 0.332 e. The van der Waals surface area contributed by atoms with Crippen molar-refractivity contribution in [2.45, 2.75) is 19.3 Å². The van der Waals surface area contributed by atoms with E-state index in [1.54, 1.807) is 30.7 Å². The summed E-state index contributed by atoms with van der Waals surface area (Å²) in [6.07, 6.45) is 0.557. The predicted molar refractivity (Wildman–Crippen MR) is 126 cm³/mol. The molecule has 3 aromatic heterocycles. The van der Waals surface area contributed by atoms with E-state index in [1.165, 1.54) is 12.1 Å². The highest BCUT2D eigenvalue weighted by molar-refractivity contribution is 5.79. The molecule has 1 N–H and O–H groups in total. The lowest BCUT2D eigenvalue weighted by Crippen LogP contribution is -2.17. The first kappa shape index (κ1) is 21.7. The topological polar surface area (TPSA) is 83.5 Å². The molecule has 0 radical (unpaired) electrons. The summed E-state index contributed by atoms with van der Waals surface area (Å²) in [5, 5.41) is 7.89. The van der Waals surface area contributed by atoms with E-state index in [-0.39, 0.29) is 6.54 Å². The van der Waals surface area contributed by atoms with Crippen LogP contribution in [0.5, 0.6) is 0 Å². The molecule has 5 aromatic rings. The Morgan fingerprint density at radius 1 is 0.861 bits per heavy atom. The third kappa shape index (κ3) is 4.22. The SMILES string of the molecule is FC(F)(F)c1ccc2c(c1)CN(c1nccc(-c3nccc(C#Cc4ccc5[nH]ncc5c4)n3)n1)C2. The van der Waals surface area contributed by atoms with Crippen LogP contribution in [-0.2, 0) is 19.3 Å². The second-order valence-corrected chi connectivity index (χ2v) is 8.27. The third-order valence-corrected chi connectivity index (χ3v) is 5.84. The minimum Gasteiger partial charge on any atom is -0.332 e. The van der Waals surface area contributed by atoms with Crippen LogP contribution in [0.3, 0.4) is 0 Å². The van der Waals surface area contributed by atoms with Gasteiger partial charge in [0.25, 0.3) is 0 Å². The molecule has 1 aliphatic rings. The van der Waals surface area contributed by atoms with Crippen molar-refractivity contribution >= 4 is 16.9 Å². The van der Waals surface area contributed by atoms with Crippen LogP contribution in [0.4, 0.5) is 19.1 Å². The minimum atomic E-state index is -4.38. The number of aromatic amines is 1. The first-order valence-corrected chi connectivity index (χ1v) is 11.0. The fraction of sp³-hybridized carbons (Fsp3) is 0.115. The molecule has 0 saturated carbocycles. The summed E-state index contributed by atoms with van der Waals surface area (Å²) in [6.45, 7) is 0.709. The minimum absolute atomic E-state index is 0.288. The van der Waals surface area contributed by atoms with E-state index in [2.05, 4.69) is 42.0 Å². The zero-order chi connectivity index (χ0) is 24.7. The van der Waals surface area contributed by atoms with E-state index in [0.717, 1.165) is 28.1 Å². The van der Waals surface area contributed by atoms with Gasteiger partial charge in [-0.1, -0.05) is 12.0 Å². The summed E-state index contributed by atoms with van der Waals surface area (Å²) in [5.41, 5.74) is 3.56. The Balaban J connectivity index is 1.24. The Morgan fingerprint density at radius 2 is 1.72 bits per heavy atom. The Morgan fingerprint density at radius 3 is 2.61 bits per heavy atom. The number of hydrogen-bond acceptors (Lipinski definition) is 6. The fourth-order valence-corrected chi connectivity index (χ4v) is 4.05. The van der Waals surface area contributed by atoms with Gasteiger partial charge in [0.15, 0.2) is 5.82 Å². The summed E-state index contributed by atoms with van der Waals surface area (Å²) < 4.78 is 39.3. The van der Waals surface area contributed by atoms with Crippen molar-refractivity contribution in [3.8, 4) is 23.4 Å². The lowest BCUT2D eigenvalue weighted by atomic mass is 10.1. The van der Waals surface area contributed by atoms with Gasteiger partial charge in [-0.05, 0) is 59.5 Å². The Bertz CT molecular complexity index is 1660. The van der Waals surface area contributed by atoms with Crippen molar-refractivity contribution in [1.82, 2.24) is 30.1 Å². The molecule has 0 bridgehead atoms. The number of anilines is 1. The van der Waals surface area contributed by atoms with Crippen molar-refractivity contribution in [2.24, 2.45) is 0 Å². The summed E-state index contributed by atoms with van der Waals surface area (Å²) in [4.78, 5) is 19.6. The predicted octanol–water partition coefficient (Wildman–Crippen LogP) is 4.75. The van der Waals surface area contributed by atoms with E-state index < -0.39 is 11.7 Å². The van der Waals surface area contributed by atoms with Gasteiger partial charge in [-0.15, -0.1) is 0 Å². The highest BCUT2D eigenvalue weighted by Crippen LogP contribution is 2.34. The average molecular weight is 483 g/mol. The van der Waals surface area contributed by atoms with Gasteiger partial charge in [0.2, 0.25) is 5.95 Å². The molecular weight excluding hydrogens is 467 g/mol. The Hall–Kier alpha value is -4.78. The number of benzene rings is 2. The Kier molecular flexibility index (Phi) is 5.11. The first-order valence-electron chi connectivity index (χ1n) is 11.0. The summed E-state index contributed by atoms with van der Waals surface area (Å²) in [5.74, 6) is 6.92. The first-order chi connectivity index (χ1) is 17.4. The van der Waals surface area contributed by atoms with Crippen LogP contribution >= 0.6 is 0 Å². The van der Waals surface area contributed by atoms with Crippen LogP contribution < -0.4 is 4.90 Å². The van der Waals surface area contributed by atoms with Gasteiger partial charge in [0.1, 0.15) is 11.4 Å². The molecule has 0 unspecified atom stereocenters. The number of fused-ring (bicyclic) bond motifs is 2. The maximum atomic E-state index is 13.1. The standard InChI is InChI=1S/C26H16F3N7/c27-26(28,29)20-4-3-17-14-36(15-19(17)12-20)25-31-10-8-23(34-25)24-30-9-7-21(33-24)5-1-16-2-6-22-18(11-16)13-32-35-22/h2-4,6-13H,14-15H2,(H,32,35). The molecule has 0 spiro atoms. The van der Waals surface area contributed by atoms with Gasteiger partial charge >= 0.3 is 6.18 Å². The molecule has 1 aliphatic heterocycles. The molecule has 10 heteroatoms. The number of alkyl halides is 3. The van der Waals surface area contributed by atoms with E-state index in [4.69, 9.17) is 0 Å². The van der Waals surface area contributed by atoms with Crippen LogP contribution in [0.1, 0.15) is 27.9 Å². The van der Waals surface area contributed by atoms with Gasteiger partial charge in [-0.3, -0.25) is 5.10 Å². The van der Waals surface area contributed by atoms with Gasteiger partial charge in [0.05, 0.1) is 17.3 Å². The number of H-pyrrole nitrogens is 1. The van der Waals surface area contributed by atoms with Crippen molar-refractivity contribution in [3.05, 3.63) is 95.1 Å². The maximum Gasteiger partial charge on any atom is 0.416 e. The number of nitrogens with one attached hydrogen (secondary N) is 1. The molecule has 0 amide bonds. The largest absolute Gasteiger partial charge is 0.416 e. The zero-order valence-electron chi connectivity index (χ0n) is 18.6. The molecule has 0 saturated heterocycles. The normalized spacial score (nSPS) is 12.9. The van der Waals surface area contributed by atoms with Gasteiger partial charge < -0.3 is 4.90 Å². The van der Waals surface area contributed by atoms with Crippen molar-refractivity contribution < 1.29 is 13.2 Å². The van der Waals surface area contributed by atoms with Gasteiger partial charge in [-0.25, -0.2) is 19.9 Å². The van der Waals surface area contributed by atoms with Gasteiger partial charge in [0, 0.05) is 36.4 Å². The number of nitrogens with zero attached hydrogens (tertiary/aromatic N) is 6. The van der Waals surface area contributed by atoms with Crippen LogP contribution in [-0.4, -0.2) is 30.1 Å². The molecule has 6 rings (SSSR count). The lowest BCUT2D eigenvalue weighted by molar-refractivity contribution is -0.137. The summed E-state index contributed by atoms with van der Waals surface area (Å²) in [6, 6.07) is 13.0. The molecule has 4 heterocycles. The fourth-order valence-electron chi connectivity index (χ4n) is 4.05. The highest BCUT2D eigenvalue weighted by Gasteiger charge is 2.32. The molecule has 36 heavy (non-hydrogen) atoms. The second-order valence-electron chi connectivity index (χ2n) is 8.27. The number of halogens is 3. The van der Waals surface area contributed by atoms with Crippen LogP contribution in [0.2, 0.25) is 0 Å². The highest BCUT2D eigenvalue weighted by atomic mass is 19.4. The molecular formula is C26H16F3N7. The van der Waals surface area contributed by atoms with E-state index >= 15 is 0 Å². The molecule has 2 aromatic carbocycles. The van der Waals surface area contributed by atoms with E-state index in [9.17, 15) is 13.2 Å². The molecule has 7 nitrogen and oxygen atoms in total. The number of rotatable bonds is 2. The molecule has 0 aliphatic carbocycles. The van der Waals surface area contributed by atoms with Crippen molar-refractivity contribution in [3.63, 3.8) is 0 Å². The van der Waals surface area contributed by atoms with Crippen molar-refractivity contribution in [2.75, 3.05) is 4.90 Å². The van der Waals surface area contributed by atoms with E-state index in [0.29, 0.717) is 35.3 Å². The lowest BCUT2D eigenvalue weighted by Gasteiger charge is -2.15. The molecule has 0 fully saturated rings. The zero-order valence-corrected chi connectivity index (χ0v) is 18.6. The van der Waals surface area contributed by atoms with Crippen LogP contribution in [0, 0.1) is 11.8 Å².